The predicted molar refractivity (Wildman–Crippen MR) is 89.7 cm³/mol. The average Bonchev–Trinajstić information content (AvgIpc) is 2.50. The highest BCUT2D eigenvalue weighted by atomic mass is 35.5. The Morgan fingerprint density at radius 1 is 1.13 bits per heavy atom. The van der Waals surface area contributed by atoms with Crippen LogP contribution in [0.4, 0.5) is 5.69 Å². The minimum atomic E-state index is -3.89. The fourth-order valence-corrected chi connectivity index (χ4v) is 3.61. The Labute approximate surface area is 144 Å². The molecule has 5 nitrogen and oxygen atoms in total. The molecule has 2 aromatic rings. The number of halogens is 2. The molecule has 0 bridgehead atoms. The summed E-state index contributed by atoms with van der Waals surface area (Å²) < 4.78 is 31.9. The molecule has 0 amide bonds. The van der Waals surface area contributed by atoms with Crippen LogP contribution >= 0.6 is 23.2 Å². The van der Waals surface area contributed by atoms with Crippen molar-refractivity contribution in [3.8, 4) is 0 Å². The molecule has 2 rings (SSSR count). The summed E-state index contributed by atoms with van der Waals surface area (Å²) in [7, 11) is -3.89. The quantitative estimate of drug-likeness (QED) is 0.804. The fraction of sp³-hybridized carbons (Fsp3) is 0.133. The molecule has 122 valence electrons. The van der Waals surface area contributed by atoms with E-state index in [0.717, 1.165) is 0 Å². The molecule has 0 unspecified atom stereocenters. The van der Waals surface area contributed by atoms with E-state index in [2.05, 4.69) is 4.72 Å². The predicted octanol–water partition coefficient (Wildman–Crippen LogP) is 3.97. The van der Waals surface area contributed by atoms with Gasteiger partial charge >= 0.3 is 5.97 Å². The van der Waals surface area contributed by atoms with E-state index in [-0.39, 0.29) is 27.2 Å². The molecule has 2 aromatic carbocycles. The summed E-state index contributed by atoms with van der Waals surface area (Å²) >= 11 is 11.8. The average molecular weight is 374 g/mol. The van der Waals surface area contributed by atoms with Gasteiger partial charge in [0.1, 0.15) is 4.90 Å². The van der Waals surface area contributed by atoms with Gasteiger partial charge in [0.2, 0.25) is 0 Å². The third kappa shape index (κ3) is 4.16. The van der Waals surface area contributed by atoms with Crippen LogP contribution in [0.5, 0.6) is 0 Å². The van der Waals surface area contributed by atoms with Gasteiger partial charge < -0.3 is 4.74 Å². The molecule has 0 heterocycles. The topological polar surface area (TPSA) is 72.5 Å². The molecule has 0 atom stereocenters. The molecule has 1 N–H and O–H groups in total. The Morgan fingerprint density at radius 3 is 2.39 bits per heavy atom. The number of nitrogens with one attached hydrogen (secondary N) is 1. The number of carbonyl (C=O) groups excluding carboxylic acids is 1. The van der Waals surface area contributed by atoms with Crippen LogP contribution in [0.3, 0.4) is 0 Å². The van der Waals surface area contributed by atoms with Crippen LogP contribution in [0.15, 0.2) is 47.4 Å². The molecular formula is C15H13Cl2NO4S. The summed E-state index contributed by atoms with van der Waals surface area (Å²) in [6.07, 6.45) is 0. The Morgan fingerprint density at radius 2 is 1.78 bits per heavy atom. The summed E-state index contributed by atoms with van der Waals surface area (Å²) in [5, 5.41) is 0.0945. The number of anilines is 1. The molecule has 0 saturated carbocycles. The number of sulfonamides is 1. The van der Waals surface area contributed by atoms with Crippen molar-refractivity contribution in [2.24, 2.45) is 0 Å². The van der Waals surface area contributed by atoms with Gasteiger partial charge in [0, 0.05) is 5.69 Å². The van der Waals surface area contributed by atoms with Gasteiger partial charge in [-0.1, -0.05) is 29.3 Å². The number of hydrogen-bond donors (Lipinski definition) is 1. The zero-order valence-electron chi connectivity index (χ0n) is 12.0. The zero-order chi connectivity index (χ0) is 17.0. The molecule has 0 aliphatic carbocycles. The van der Waals surface area contributed by atoms with Gasteiger partial charge in [-0.25, -0.2) is 13.2 Å². The van der Waals surface area contributed by atoms with E-state index < -0.39 is 16.0 Å². The molecule has 0 aliphatic rings. The maximum Gasteiger partial charge on any atom is 0.338 e. The minimum Gasteiger partial charge on any atom is -0.462 e. The standard InChI is InChI=1S/C15H13Cl2NO4S/c1-2-22-15(19)10-6-8-11(9-7-10)18-23(20,21)13-5-3-4-12(16)14(13)17/h3-9,18H,2H2,1H3. The van der Waals surface area contributed by atoms with Crippen LogP contribution < -0.4 is 4.72 Å². The van der Waals surface area contributed by atoms with E-state index in [0.29, 0.717) is 5.56 Å². The van der Waals surface area contributed by atoms with E-state index in [9.17, 15) is 13.2 Å². The molecule has 0 spiro atoms. The number of carbonyl (C=O) groups is 1. The monoisotopic (exact) mass is 373 g/mol. The second-order valence-corrected chi connectivity index (χ2v) is 6.89. The van der Waals surface area contributed by atoms with Gasteiger partial charge in [-0.3, -0.25) is 4.72 Å². The van der Waals surface area contributed by atoms with Crippen LogP contribution in [0.25, 0.3) is 0 Å². The van der Waals surface area contributed by atoms with E-state index in [1.165, 1.54) is 42.5 Å². The Kier molecular flexibility index (Phi) is 5.51. The number of hydrogen-bond acceptors (Lipinski definition) is 4. The molecule has 0 aromatic heterocycles. The lowest BCUT2D eigenvalue weighted by Crippen LogP contribution is -2.13. The second-order valence-electron chi connectivity index (χ2n) is 4.46. The Bertz CT molecular complexity index is 820. The van der Waals surface area contributed by atoms with Crippen molar-refractivity contribution in [2.75, 3.05) is 11.3 Å². The number of ether oxygens (including phenoxy) is 1. The number of benzene rings is 2. The number of esters is 1. The van der Waals surface area contributed by atoms with E-state index in [4.69, 9.17) is 27.9 Å². The van der Waals surface area contributed by atoms with Crippen molar-refractivity contribution in [1.29, 1.82) is 0 Å². The molecule has 8 heteroatoms. The van der Waals surface area contributed by atoms with Crippen LogP contribution in [0, 0.1) is 0 Å². The highest BCUT2D eigenvalue weighted by Crippen LogP contribution is 2.30. The normalized spacial score (nSPS) is 11.1. The highest BCUT2D eigenvalue weighted by Gasteiger charge is 2.19. The molecule has 23 heavy (non-hydrogen) atoms. The highest BCUT2D eigenvalue weighted by molar-refractivity contribution is 7.92. The maximum atomic E-state index is 12.4. The van der Waals surface area contributed by atoms with Crippen molar-refractivity contribution >= 4 is 44.9 Å². The van der Waals surface area contributed by atoms with E-state index in [1.807, 2.05) is 0 Å². The second kappa shape index (κ2) is 7.21. The van der Waals surface area contributed by atoms with Crippen LogP contribution in [-0.4, -0.2) is 21.0 Å². The molecule has 0 aliphatic heterocycles. The van der Waals surface area contributed by atoms with Crippen LogP contribution in [0.2, 0.25) is 10.0 Å². The molecular weight excluding hydrogens is 361 g/mol. The minimum absolute atomic E-state index is 0.0511. The molecule has 0 fully saturated rings. The van der Waals surface area contributed by atoms with Crippen molar-refractivity contribution in [3.63, 3.8) is 0 Å². The summed E-state index contributed by atoms with van der Waals surface area (Å²) in [5.74, 6) is -0.472. The zero-order valence-corrected chi connectivity index (χ0v) is 14.4. The maximum absolute atomic E-state index is 12.4. The summed E-state index contributed by atoms with van der Waals surface area (Å²) in [4.78, 5) is 11.4. The van der Waals surface area contributed by atoms with Gasteiger partial charge in [0.25, 0.3) is 10.0 Å². The van der Waals surface area contributed by atoms with E-state index >= 15 is 0 Å². The van der Waals surface area contributed by atoms with Crippen LogP contribution in [-0.2, 0) is 14.8 Å². The van der Waals surface area contributed by atoms with Gasteiger partial charge in [-0.05, 0) is 43.3 Å². The summed E-state index contributed by atoms with van der Waals surface area (Å²) in [5.41, 5.74) is 0.615. The van der Waals surface area contributed by atoms with Gasteiger partial charge in [0.15, 0.2) is 0 Å². The lowest BCUT2D eigenvalue weighted by atomic mass is 10.2. The first kappa shape index (κ1) is 17.6. The SMILES string of the molecule is CCOC(=O)c1ccc(NS(=O)(=O)c2cccc(Cl)c2Cl)cc1. The fourth-order valence-electron chi connectivity index (χ4n) is 1.79. The summed E-state index contributed by atoms with van der Waals surface area (Å²) in [6, 6.07) is 10.2. The van der Waals surface area contributed by atoms with Crippen molar-refractivity contribution in [3.05, 3.63) is 58.1 Å². The molecule has 0 radical (unpaired) electrons. The third-order valence-corrected chi connectivity index (χ3v) is 5.21. The lowest BCUT2D eigenvalue weighted by Gasteiger charge is -2.10. The number of rotatable bonds is 5. The molecule has 0 saturated heterocycles. The largest absolute Gasteiger partial charge is 0.462 e. The first-order valence-corrected chi connectivity index (χ1v) is 8.83. The lowest BCUT2D eigenvalue weighted by molar-refractivity contribution is 0.0526. The smallest absolute Gasteiger partial charge is 0.338 e. The Hall–Kier alpha value is -1.76. The van der Waals surface area contributed by atoms with Crippen LogP contribution in [0.1, 0.15) is 17.3 Å². The summed E-state index contributed by atoms with van der Waals surface area (Å²) in [6.45, 7) is 1.97. The third-order valence-electron chi connectivity index (χ3n) is 2.85. The Balaban J connectivity index is 2.24. The first-order valence-electron chi connectivity index (χ1n) is 6.59. The van der Waals surface area contributed by atoms with Crippen molar-refractivity contribution < 1.29 is 17.9 Å². The van der Waals surface area contributed by atoms with Crippen molar-refractivity contribution in [1.82, 2.24) is 0 Å². The van der Waals surface area contributed by atoms with Crippen molar-refractivity contribution in [2.45, 2.75) is 11.8 Å². The first-order chi connectivity index (χ1) is 10.8. The van der Waals surface area contributed by atoms with Gasteiger partial charge in [-0.2, -0.15) is 0 Å². The van der Waals surface area contributed by atoms with Gasteiger partial charge in [-0.15, -0.1) is 0 Å². The van der Waals surface area contributed by atoms with E-state index in [1.54, 1.807) is 6.92 Å². The van der Waals surface area contributed by atoms with Gasteiger partial charge in [0.05, 0.1) is 22.2 Å².